The smallest absolute Gasteiger partial charge is 0.266 e. The second-order valence-corrected chi connectivity index (χ2v) is 8.65. The fourth-order valence-electron chi connectivity index (χ4n) is 2.37. The van der Waals surface area contributed by atoms with Gasteiger partial charge in [0.2, 0.25) is 10.0 Å². The highest BCUT2D eigenvalue weighted by atomic mass is 127. The zero-order valence-electron chi connectivity index (χ0n) is 14.0. The molecule has 6 nitrogen and oxygen atoms in total. The van der Waals surface area contributed by atoms with Gasteiger partial charge in [-0.1, -0.05) is 0 Å². The molecule has 1 N–H and O–H groups in total. The minimum absolute atomic E-state index is 0.00803. The molecule has 1 heterocycles. The maximum atomic E-state index is 13.0. The zero-order valence-corrected chi connectivity index (χ0v) is 16.9. The summed E-state index contributed by atoms with van der Waals surface area (Å²) >= 11 is 2.09. The molecule has 0 bridgehead atoms. The third-order valence-electron chi connectivity index (χ3n) is 3.75. The lowest BCUT2D eigenvalue weighted by Crippen LogP contribution is -2.32. The summed E-state index contributed by atoms with van der Waals surface area (Å²) < 4.78 is 42.2. The Balaban J connectivity index is 1.72. The largest absolute Gasteiger partial charge is 0.268 e. The first kappa shape index (κ1) is 19.6. The number of aromatic nitrogens is 2. The van der Waals surface area contributed by atoms with Crippen LogP contribution in [-0.4, -0.2) is 24.7 Å². The van der Waals surface area contributed by atoms with Crippen molar-refractivity contribution >= 4 is 32.6 Å². The van der Waals surface area contributed by atoms with E-state index in [2.05, 4.69) is 32.4 Å². The maximum absolute atomic E-state index is 13.0. The topological polar surface area (TPSA) is 81.1 Å². The van der Waals surface area contributed by atoms with Crippen LogP contribution >= 0.6 is 22.6 Å². The molecule has 0 aliphatic heterocycles. The van der Waals surface area contributed by atoms with Crippen LogP contribution in [0, 0.1) is 9.39 Å². The SMILES string of the molecule is O=c1ccc(-c2ccc(F)cc2)nn1CCNS(=O)(=O)c1ccc(I)cc1. The fourth-order valence-corrected chi connectivity index (χ4v) is 3.75. The fraction of sp³-hybridized carbons (Fsp3) is 0.111. The van der Waals surface area contributed by atoms with Crippen LogP contribution < -0.4 is 10.3 Å². The molecular formula is C18H15FIN3O3S. The average molecular weight is 499 g/mol. The molecule has 3 rings (SSSR count). The number of benzene rings is 2. The number of hydrogen-bond acceptors (Lipinski definition) is 4. The van der Waals surface area contributed by atoms with Crippen LogP contribution in [-0.2, 0) is 16.6 Å². The van der Waals surface area contributed by atoms with Crippen molar-refractivity contribution < 1.29 is 12.8 Å². The Morgan fingerprint density at radius 3 is 2.33 bits per heavy atom. The highest BCUT2D eigenvalue weighted by Crippen LogP contribution is 2.15. The number of hydrogen-bond donors (Lipinski definition) is 1. The first-order valence-corrected chi connectivity index (χ1v) is 10.5. The molecule has 0 fully saturated rings. The van der Waals surface area contributed by atoms with Crippen molar-refractivity contribution in [2.75, 3.05) is 6.54 Å². The molecule has 27 heavy (non-hydrogen) atoms. The van der Waals surface area contributed by atoms with Gasteiger partial charge in [0.05, 0.1) is 17.1 Å². The average Bonchev–Trinajstić information content (AvgIpc) is 2.64. The predicted octanol–water partition coefficient (Wildman–Crippen LogP) is 2.63. The number of nitrogens with zero attached hydrogens (tertiary/aromatic N) is 2. The van der Waals surface area contributed by atoms with Crippen LogP contribution in [0.25, 0.3) is 11.3 Å². The molecule has 140 valence electrons. The number of sulfonamides is 1. The summed E-state index contributed by atoms with van der Waals surface area (Å²) in [5.41, 5.74) is 0.800. The van der Waals surface area contributed by atoms with Gasteiger partial charge in [0.25, 0.3) is 5.56 Å². The lowest BCUT2D eigenvalue weighted by molar-refractivity contribution is 0.548. The summed E-state index contributed by atoms with van der Waals surface area (Å²) in [5.74, 6) is -0.364. The predicted molar refractivity (Wildman–Crippen MR) is 108 cm³/mol. The summed E-state index contributed by atoms with van der Waals surface area (Å²) in [7, 11) is -3.67. The van der Waals surface area contributed by atoms with Crippen molar-refractivity contribution in [2.24, 2.45) is 0 Å². The van der Waals surface area contributed by atoms with Crippen molar-refractivity contribution in [3.05, 3.63) is 80.4 Å². The Morgan fingerprint density at radius 1 is 1.00 bits per heavy atom. The van der Waals surface area contributed by atoms with E-state index in [1.807, 2.05) is 0 Å². The van der Waals surface area contributed by atoms with Gasteiger partial charge in [-0.05, 0) is 77.2 Å². The van der Waals surface area contributed by atoms with Gasteiger partial charge in [-0.25, -0.2) is 22.2 Å². The van der Waals surface area contributed by atoms with E-state index in [0.29, 0.717) is 11.3 Å². The van der Waals surface area contributed by atoms with E-state index in [-0.39, 0.29) is 29.4 Å². The minimum atomic E-state index is -3.67. The molecule has 9 heteroatoms. The second-order valence-electron chi connectivity index (χ2n) is 5.64. The van der Waals surface area contributed by atoms with Crippen LogP contribution in [0.15, 0.2) is 70.4 Å². The summed E-state index contributed by atoms with van der Waals surface area (Å²) in [4.78, 5) is 12.1. The van der Waals surface area contributed by atoms with E-state index in [4.69, 9.17) is 0 Å². The molecule has 3 aromatic rings. The van der Waals surface area contributed by atoms with Crippen molar-refractivity contribution in [3.63, 3.8) is 0 Å². The normalized spacial score (nSPS) is 11.5. The first-order chi connectivity index (χ1) is 12.8. The molecule has 1 aromatic heterocycles. The standard InChI is InChI=1S/C18H15FIN3O3S/c19-14-3-1-13(2-4-14)17-9-10-18(24)23(22-17)12-11-21-27(25,26)16-7-5-15(20)6-8-16/h1-10,21H,11-12H2. The van der Waals surface area contributed by atoms with E-state index in [0.717, 1.165) is 3.57 Å². The van der Waals surface area contributed by atoms with Gasteiger partial charge in [0.1, 0.15) is 5.82 Å². The van der Waals surface area contributed by atoms with Gasteiger partial charge in [-0.15, -0.1) is 0 Å². The van der Waals surface area contributed by atoms with E-state index in [1.54, 1.807) is 30.3 Å². The Kier molecular flexibility index (Phi) is 6.02. The molecule has 0 saturated heterocycles. The number of halogens is 2. The monoisotopic (exact) mass is 499 g/mol. The summed E-state index contributed by atoms with van der Waals surface area (Å²) in [5, 5.41) is 4.22. The molecule has 2 aromatic carbocycles. The third-order valence-corrected chi connectivity index (χ3v) is 5.94. The Labute approximate surface area is 169 Å². The quantitative estimate of drug-likeness (QED) is 0.529. The molecule has 0 spiro atoms. The molecule has 0 radical (unpaired) electrons. The van der Waals surface area contributed by atoms with E-state index in [1.165, 1.54) is 35.0 Å². The summed E-state index contributed by atoms with van der Waals surface area (Å²) in [6.07, 6.45) is 0. The highest BCUT2D eigenvalue weighted by Gasteiger charge is 2.13. The Morgan fingerprint density at radius 2 is 1.67 bits per heavy atom. The Bertz CT molecular complexity index is 1100. The van der Waals surface area contributed by atoms with Gasteiger partial charge in [-0.2, -0.15) is 5.10 Å². The zero-order chi connectivity index (χ0) is 19.4. The molecular weight excluding hydrogens is 484 g/mol. The van der Waals surface area contributed by atoms with Crippen LogP contribution in [0.4, 0.5) is 4.39 Å². The molecule has 0 aliphatic carbocycles. The molecule has 0 unspecified atom stereocenters. The number of nitrogens with one attached hydrogen (secondary N) is 1. The van der Waals surface area contributed by atoms with Gasteiger partial charge >= 0.3 is 0 Å². The lowest BCUT2D eigenvalue weighted by atomic mass is 10.1. The summed E-state index contributed by atoms with van der Waals surface area (Å²) in [6.45, 7) is 0.0750. The molecule has 0 aliphatic rings. The maximum Gasteiger partial charge on any atom is 0.266 e. The van der Waals surface area contributed by atoms with Gasteiger partial charge < -0.3 is 0 Å². The van der Waals surface area contributed by atoms with Crippen molar-refractivity contribution in [1.82, 2.24) is 14.5 Å². The molecule has 0 atom stereocenters. The van der Waals surface area contributed by atoms with Crippen molar-refractivity contribution in [1.29, 1.82) is 0 Å². The van der Waals surface area contributed by atoms with Crippen LogP contribution in [0.2, 0.25) is 0 Å². The highest BCUT2D eigenvalue weighted by molar-refractivity contribution is 14.1. The van der Waals surface area contributed by atoms with Gasteiger partial charge in [-0.3, -0.25) is 4.79 Å². The van der Waals surface area contributed by atoms with E-state index in [9.17, 15) is 17.6 Å². The van der Waals surface area contributed by atoms with Crippen LogP contribution in [0.3, 0.4) is 0 Å². The van der Waals surface area contributed by atoms with E-state index < -0.39 is 10.0 Å². The molecule has 0 saturated carbocycles. The van der Waals surface area contributed by atoms with Crippen LogP contribution in [0.5, 0.6) is 0 Å². The molecule has 0 amide bonds. The third kappa shape index (κ3) is 4.99. The van der Waals surface area contributed by atoms with Crippen LogP contribution in [0.1, 0.15) is 0 Å². The minimum Gasteiger partial charge on any atom is -0.268 e. The first-order valence-electron chi connectivity index (χ1n) is 7.94. The Hall–Kier alpha value is -2.11. The van der Waals surface area contributed by atoms with Gasteiger partial charge in [0, 0.05) is 21.7 Å². The second kappa shape index (κ2) is 8.28. The van der Waals surface area contributed by atoms with Crippen molar-refractivity contribution in [3.8, 4) is 11.3 Å². The lowest BCUT2D eigenvalue weighted by Gasteiger charge is -2.09. The number of rotatable bonds is 6. The van der Waals surface area contributed by atoms with E-state index >= 15 is 0 Å². The summed E-state index contributed by atoms with van der Waals surface area (Å²) in [6, 6.07) is 15.1. The van der Waals surface area contributed by atoms with Gasteiger partial charge in [0.15, 0.2) is 0 Å². The van der Waals surface area contributed by atoms with Crippen molar-refractivity contribution in [2.45, 2.75) is 11.4 Å².